The standard InChI is InChI=1S/C14H19NO4/c1-3-4-9-19-14(17)15-10-11-5-7-12(8-6-11)13(16)18-2/h5-8H,3-4,9-10H2,1-2H3,(H,15,17). The highest BCUT2D eigenvalue weighted by Gasteiger charge is 2.05. The molecule has 0 unspecified atom stereocenters. The molecule has 1 N–H and O–H groups in total. The van der Waals surface area contributed by atoms with Crippen LogP contribution < -0.4 is 5.32 Å². The van der Waals surface area contributed by atoms with Gasteiger partial charge in [-0.25, -0.2) is 9.59 Å². The largest absolute Gasteiger partial charge is 0.465 e. The van der Waals surface area contributed by atoms with Crippen molar-refractivity contribution in [1.29, 1.82) is 0 Å². The van der Waals surface area contributed by atoms with E-state index in [4.69, 9.17) is 4.74 Å². The highest BCUT2D eigenvalue weighted by atomic mass is 16.5. The SMILES string of the molecule is CCCCOC(=O)NCc1ccc(C(=O)OC)cc1. The molecule has 0 saturated heterocycles. The first-order valence-electron chi connectivity index (χ1n) is 6.25. The molecule has 0 aliphatic rings. The zero-order valence-electron chi connectivity index (χ0n) is 11.3. The topological polar surface area (TPSA) is 64.6 Å². The lowest BCUT2D eigenvalue weighted by Crippen LogP contribution is -2.24. The van der Waals surface area contributed by atoms with Gasteiger partial charge in [0.2, 0.25) is 0 Å². The summed E-state index contributed by atoms with van der Waals surface area (Å²) < 4.78 is 9.56. The zero-order chi connectivity index (χ0) is 14.1. The van der Waals surface area contributed by atoms with Crippen molar-refractivity contribution < 1.29 is 19.1 Å². The molecule has 1 aromatic carbocycles. The molecule has 0 aromatic heterocycles. The highest BCUT2D eigenvalue weighted by molar-refractivity contribution is 5.89. The van der Waals surface area contributed by atoms with E-state index in [0.717, 1.165) is 18.4 Å². The molecule has 0 radical (unpaired) electrons. The lowest BCUT2D eigenvalue weighted by atomic mass is 10.1. The van der Waals surface area contributed by atoms with Crippen molar-refractivity contribution in [3.63, 3.8) is 0 Å². The maximum Gasteiger partial charge on any atom is 0.407 e. The predicted molar refractivity (Wildman–Crippen MR) is 70.9 cm³/mol. The summed E-state index contributed by atoms with van der Waals surface area (Å²) in [7, 11) is 1.34. The predicted octanol–water partition coefficient (Wildman–Crippen LogP) is 2.50. The van der Waals surface area contributed by atoms with Crippen LogP contribution in [0.3, 0.4) is 0 Å². The van der Waals surface area contributed by atoms with Crippen molar-refractivity contribution in [3.8, 4) is 0 Å². The number of nitrogens with one attached hydrogen (secondary N) is 1. The fraction of sp³-hybridized carbons (Fsp3) is 0.429. The second kappa shape index (κ2) is 8.13. The minimum Gasteiger partial charge on any atom is -0.465 e. The minimum absolute atomic E-state index is 0.367. The van der Waals surface area contributed by atoms with Gasteiger partial charge in [0.05, 0.1) is 19.3 Å². The normalized spacial score (nSPS) is 9.79. The van der Waals surface area contributed by atoms with Gasteiger partial charge in [-0.15, -0.1) is 0 Å². The van der Waals surface area contributed by atoms with Gasteiger partial charge >= 0.3 is 12.1 Å². The van der Waals surface area contributed by atoms with Crippen LogP contribution in [0, 0.1) is 0 Å². The molecule has 1 amide bonds. The maximum atomic E-state index is 11.3. The third-order valence-corrected chi connectivity index (χ3v) is 2.54. The molecule has 0 saturated carbocycles. The van der Waals surface area contributed by atoms with Crippen LogP contribution in [0.15, 0.2) is 24.3 Å². The Labute approximate surface area is 112 Å². The number of benzene rings is 1. The summed E-state index contributed by atoms with van der Waals surface area (Å²) in [6, 6.07) is 6.84. The van der Waals surface area contributed by atoms with E-state index >= 15 is 0 Å². The summed E-state index contributed by atoms with van der Waals surface area (Å²) in [5.74, 6) is -0.376. The number of amides is 1. The first-order valence-corrected chi connectivity index (χ1v) is 6.25. The van der Waals surface area contributed by atoms with Crippen LogP contribution in [-0.4, -0.2) is 25.8 Å². The Morgan fingerprint density at radius 1 is 1.21 bits per heavy atom. The third-order valence-electron chi connectivity index (χ3n) is 2.54. The molecule has 0 heterocycles. The van der Waals surface area contributed by atoms with Crippen LogP contribution in [0.1, 0.15) is 35.7 Å². The van der Waals surface area contributed by atoms with Gasteiger partial charge in [0.1, 0.15) is 0 Å². The van der Waals surface area contributed by atoms with Crippen molar-refractivity contribution in [2.75, 3.05) is 13.7 Å². The number of hydrogen-bond acceptors (Lipinski definition) is 4. The molecule has 1 aromatic rings. The molecule has 1 rings (SSSR count). The zero-order valence-corrected chi connectivity index (χ0v) is 11.3. The number of ether oxygens (including phenoxy) is 2. The summed E-state index contributed by atoms with van der Waals surface area (Å²) in [5.41, 5.74) is 1.37. The second-order valence-corrected chi connectivity index (χ2v) is 4.03. The van der Waals surface area contributed by atoms with Gasteiger partial charge < -0.3 is 14.8 Å². The average Bonchev–Trinajstić information content (AvgIpc) is 2.45. The Morgan fingerprint density at radius 2 is 1.89 bits per heavy atom. The Bertz CT molecular complexity index is 414. The number of esters is 1. The summed E-state index contributed by atoms with van der Waals surface area (Å²) in [4.78, 5) is 22.5. The fourth-order valence-corrected chi connectivity index (χ4v) is 1.41. The minimum atomic E-state index is -0.425. The van der Waals surface area contributed by atoms with Crippen LogP contribution in [0.2, 0.25) is 0 Å². The number of alkyl carbamates (subject to hydrolysis) is 1. The van der Waals surface area contributed by atoms with E-state index in [9.17, 15) is 9.59 Å². The molecule has 0 fully saturated rings. The van der Waals surface area contributed by atoms with Gasteiger partial charge in [0, 0.05) is 6.54 Å². The second-order valence-electron chi connectivity index (χ2n) is 4.03. The number of carbonyl (C=O) groups excluding carboxylic acids is 2. The van der Waals surface area contributed by atoms with Crippen molar-refractivity contribution in [3.05, 3.63) is 35.4 Å². The highest BCUT2D eigenvalue weighted by Crippen LogP contribution is 2.05. The molecule has 0 bridgehead atoms. The molecule has 19 heavy (non-hydrogen) atoms. The number of unbranched alkanes of at least 4 members (excludes halogenated alkanes) is 1. The molecule has 0 atom stereocenters. The van der Waals surface area contributed by atoms with Crippen LogP contribution in [0.25, 0.3) is 0 Å². The molecular formula is C14H19NO4. The summed E-state index contributed by atoms with van der Waals surface area (Å²) in [6.45, 7) is 2.83. The van der Waals surface area contributed by atoms with Crippen molar-refractivity contribution >= 4 is 12.1 Å². The molecule has 5 nitrogen and oxygen atoms in total. The van der Waals surface area contributed by atoms with Crippen LogP contribution in [0.4, 0.5) is 4.79 Å². The molecule has 0 aliphatic carbocycles. The number of carbonyl (C=O) groups is 2. The summed E-state index contributed by atoms with van der Waals surface area (Å²) in [5, 5.41) is 2.64. The Hall–Kier alpha value is -2.04. The molecule has 5 heteroatoms. The van der Waals surface area contributed by atoms with Crippen molar-refractivity contribution in [2.24, 2.45) is 0 Å². The van der Waals surface area contributed by atoms with Gasteiger partial charge in [-0.05, 0) is 24.1 Å². The summed E-state index contributed by atoms with van der Waals surface area (Å²) in [6.07, 6.45) is 1.43. The van der Waals surface area contributed by atoms with Gasteiger partial charge in [-0.3, -0.25) is 0 Å². The van der Waals surface area contributed by atoms with Gasteiger partial charge in [-0.1, -0.05) is 25.5 Å². The van der Waals surface area contributed by atoms with E-state index < -0.39 is 6.09 Å². The van der Waals surface area contributed by atoms with Crippen molar-refractivity contribution in [2.45, 2.75) is 26.3 Å². The van der Waals surface area contributed by atoms with Crippen LogP contribution in [0.5, 0.6) is 0 Å². The van der Waals surface area contributed by atoms with Crippen LogP contribution >= 0.6 is 0 Å². The Kier molecular flexibility index (Phi) is 6.43. The monoisotopic (exact) mass is 265 g/mol. The summed E-state index contributed by atoms with van der Waals surface area (Å²) >= 11 is 0. The van der Waals surface area contributed by atoms with E-state index in [1.54, 1.807) is 24.3 Å². The lowest BCUT2D eigenvalue weighted by Gasteiger charge is -2.07. The first-order chi connectivity index (χ1) is 9.17. The van der Waals surface area contributed by atoms with E-state index in [-0.39, 0.29) is 5.97 Å². The maximum absolute atomic E-state index is 11.3. The first kappa shape index (κ1) is 15.0. The van der Waals surface area contributed by atoms with Gasteiger partial charge in [0.15, 0.2) is 0 Å². The quantitative estimate of drug-likeness (QED) is 0.634. The fourth-order valence-electron chi connectivity index (χ4n) is 1.41. The molecule has 0 spiro atoms. The lowest BCUT2D eigenvalue weighted by molar-refractivity contribution is 0.0600. The smallest absolute Gasteiger partial charge is 0.407 e. The van der Waals surface area contributed by atoms with Crippen LogP contribution in [-0.2, 0) is 16.0 Å². The Balaban J connectivity index is 2.37. The van der Waals surface area contributed by atoms with E-state index in [1.807, 2.05) is 6.92 Å². The molecular weight excluding hydrogens is 246 g/mol. The number of hydrogen-bond donors (Lipinski definition) is 1. The number of rotatable bonds is 6. The number of methoxy groups -OCH3 is 1. The van der Waals surface area contributed by atoms with E-state index in [0.29, 0.717) is 18.7 Å². The van der Waals surface area contributed by atoms with Gasteiger partial charge in [-0.2, -0.15) is 0 Å². The Morgan fingerprint density at radius 3 is 2.47 bits per heavy atom. The average molecular weight is 265 g/mol. The third kappa shape index (κ3) is 5.42. The van der Waals surface area contributed by atoms with E-state index in [2.05, 4.69) is 10.1 Å². The van der Waals surface area contributed by atoms with Gasteiger partial charge in [0.25, 0.3) is 0 Å². The van der Waals surface area contributed by atoms with Crippen molar-refractivity contribution in [1.82, 2.24) is 5.32 Å². The molecule has 0 aliphatic heterocycles. The molecule has 104 valence electrons. The van der Waals surface area contributed by atoms with E-state index in [1.165, 1.54) is 7.11 Å².